The molecule has 53 heavy (non-hydrogen) atoms. The van der Waals surface area contributed by atoms with Gasteiger partial charge in [-0.15, -0.1) is 54.3 Å². The van der Waals surface area contributed by atoms with E-state index in [1.807, 2.05) is 0 Å². The van der Waals surface area contributed by atoms with Gasteiger partial charge in [-0.2, -0.15) is 0 Å². The summed E-state index contributed by atoms with van der Waals surface area (Å²) in [6, 6.07) is 0. The van der Waals surface area contributed by atoms with Crippen LogP contribution in [-0.2, 0) is 0 Å². The molecule has 0 saturated heterocycles. The summed E-state index contributed by atoms with van der Waals surface area (Å²) < 4.78 is 22.8. The van der Waals surface area contributed by atoms with Crippen LogP contribution in [0.5, 0.6) is 0 Å². The van der Waals surface area contributed by atoms with Gasteiger partial charge in [0, 0.05) is 105 Å². The van der Waals surface area contributed by atoms with Crippen LogP contribution in [0, 0.1) is 0 Å². The minimum atomic E-state index is -1.74. The van der Waals surface area contributed by atoms with Crippen LogP contribution in [0.4, 0.5) is 0 Å². The first kappa shape index (κ1) is 63.8. The third kappa shape index (κ3) is 17.8. The number of nitrogens with zero attached hydrogens (tertiary/aromatic N) is 8. The first-order valence-corrected chi connectivity index (χ1v) is 25.2. The highest BCUT2D eigenvalue weighted by Gasteiger charge is 2.60. The monoisotopic (exact) mass is 901 g/mol. The Bertz CT molecular complexity index is 605. The molecule has 0 unspecified atom stereocenters. The van der Waals surface area contributed by atoms with Crippen molar-refractivity contribution >= 4 is 32.7 Å². The van der Waals surface area contributed by atoms with Gasteiger partial charge in [-0.05, 0) is 107 Å². The van der Waals surface area contributed by atoms with Gasteiger partial charge in [-0.3, -0.25) is 0 Å². The molecule has 8 nitrogen and oxygen atoms in total. The Morgan fingerprint density at radius 1 is 0.226 bits per heavy atom. The van der Waals surface area contributed by atoms with Crippen LogP contribution in [0.15, 0.2) is 0 Å². The second-order valence-corrected chi connectivity index (χ2v) is 20.1. The molecule has 0 aliphatic heterocycles. The van der Waals surface area contributed by atoms with Crippen molar-refractivity contribution in [2.24, 2.45) is 0 Å². The van der Waals surface area contributed by atoms with Crippen molar-refractivity contribution < 1.29 is 24.8 Å². The summed E-state index contributed by atoms with van der Waals surface area (Å²) in [5.41, 5.74) is 0. The van der Waals surface area contributed by atoms with Gasteiger partial charge >= 0.3 is 15.7 Å². The van der Waals surface area contributed by atoms with E-state index in [1.54, 1.807) is 0 Å². The Hall–Kier alpha value is 1.60. The summed E-state index contributed by atoms with van der Waals surface area (Å²) in [7, 11) is -3.34. The molecule has 0 amide bonds. The molecule has 0 atom stereocenters. The third-order valence-corrected chi connectivity index (χ3v) is 19.7. The Kier molecular flexibility index (Phi) is 47.0. The van der Waals surface area contributed by atoms with Crippen molar-refractivity contribution in [2.45, 2.75) is 162 Å². The van der Waals surface area contributed by atoms with Crippen LogP contribution in [0.2, 0.25) is 0 Å². The molecule has 0 heterocycles. The van der Waals surface area contributed by atoms with Crippen LogP contribution in [0.25, 0.3) is 0 Å². The van der Waals surface area contributed by atoms with E-state index in [9.17, 15) is 0 Å². The quantitative estimate of drug-likeness (QED) is 0.0787. The molecule has 0 aliphatic carbocycles. The van der Waals surface area contributed by atoms with E-state index < -0.39 is 15.7 Å². The maximum absolute atomic E-state index is 2.97. The lowest BCUT2D eigenvalue weighted by atomic mass is 10.4. The van der Waals surface area contributed by atoms with Crippen LogP contribution < -0.4 is 24.8 Å². The molecule has 0 rings (SSSR count). The minimum Gasteiger partial charge on any atom is -1.00 e. The average Bonchev–Trinajstić information content (AvgIpc) is 3.11. The molecule has 13 heteroatoms. The number of rotatable bonds is 32. The lowest BCUT2D eigenvalue weighted by Gasteiger charge is -2.51. The normalized spacial score (nSPS) is 12.2. The molecule has 0 aliphatic rings. The van der Waals surface area contributed by atoms with Gasteiger partial charge in [0.2, 0.25) is 0 Å². The SMILES string of the molecule is Br.CCCN(CCC)[P+](N(CCC)CCC)(N(CCC)CCC)N(CCC)CCC.CCN(CC)[P+](N(CC)CC)(N(CC)CC)N(CC)CC.[Cl-].[Cl-]. The first-order chi connectivity index (χ1) is 24.2. The lowest BCUT2D eigenvalue weighted by Crippen LogP contribution is -3.00. The maximum atomic E-state index is 2.97. The minimum absolute atomic E-state index is 0. The largest absolute Gasteiger partial charge is 1.00 e. The molecule has 0 aromatic heterocycles. The predicted octanol–water partition coefficient (Wildman–Crippen LogP) is 5.77. The van der Waals surface area contributed by atoms with E-state index in [1.165, 1.54) is 104 Å². The van der Waals surface area contributed by atoms with E-state index in [0.717, 1.165) is 52.4 Å². The Morgan fingerprint density at radius 3 is 0.434 bits per heavy atom. The highest BCUT2D eigenvalue weighted by Crippen LogP contribution is 2.71. The molecule has 0 saturated carbocycles. The van der Waals surface area contributed by atoms with Crippen LogP contribution in [-0.4, -0.2) is 142 Å². The molecule has 0 radical (unpaired) electrons. The highest BCUT2D eigenvalue weighted by molar-refractivity contribution is 8.93. The van der Waals surface area contributed by atoms with Crippen molar-refractivity contribution in [1.82, 2.24) is 37.4 Å². The number of halogens is 3. The fourth-order valence-electron chi connectivity index (χ4n) is 8.14. The molecular weight excluding hydrogens is 805 g/mol. The zero-order valence-electron chi connectivity index (χ0n) is 38.6. The van der Waals surface area contributed by atoms with E-state index in [4.69, 9.17) is 0 Å². The van der Waals surface area contributed by atoms with Crippen molar-refractivity contribution in [2.75, 3.05) is 105 Å². The van der Waals surface area contributed by atoms with Gasteiger partial charge < -0.3 is 24.8 Å². The van der Waals surface area contributed by atoms with E-state index in [0.29, 0.717) is 0 Å². The van der Waals surface area contributed by atoms with Gasteiger partial charge in [0.05, 0.1) is 0 Å². The predicted molar refractivity (Wildman–Crippen MR) is 244 cm³/mol. The van der Waals surface area contributed by atoms with Crippen molar-refractivity contribution in [3.63, 3.8) is 0 Å². The van der Waals surface area contributed by atoms with E-state index in [2.05, 4.69) is 148 Å². The van der Waals surface area contributed by atoms with Gasteiger partial charge in [0.1, 0.15) is 0 Å². The van der Waals surface area contributed by atoms with Gasteiger partial charge in [0.25, 0.3) is 0 Å². The summed E-state index contributed by atoms with van der Waals surface area (Å²) >= 11 is 0. The topological polar surface area (TPSA) is 25.9 Å². The molecule has 328 valence electrons. The fourth-order valence-corrected chi connectivity index (χ4v) is 19.2. The smallest absolute Gasteiger partial charge is 0.308 e. The standard InChI is InChI=1S/C24H56N4P.C16H40N4P.BrH.2ClH/c1-9-17-25(18-10-2)29(26(19-11-3)20-12-4,27(21-13-5)22-14-6)28(23-15-7)24-16-8;1-9-17(10-2)21(18(11-3)12-4,19(13-5)14-6)20(15-7)16-8;;;/h9-24H2,1-8H3;9-16H2,1-8H3;3*1H/q2*+1;;;/p-2. The Labute approximate surface area is 359 Å². The molecule has 0 N–H and O–H groups in total. The van der Waals surface area contributed by atoms with Gasteiger partial charge in [0.15, 0.2) is 0 Å². The second-order valence-electron chi connectivity index (χ2n) is 13.4. The van der Waals surface area contributed by atoms with Gasteiger partial charge in [-0.1, -0.05) is 55.4 Å². The Balaban J connectivity index is -0.000000287. The number of hydrogen-bond acceptors (Lipinski definition) is 8. The zero-order valence-corrected chi connectivity index (χ0v) is 43.6. The van der Waals surface area contributed by atoms with Crippen LogP contribution >= 0.6 is 32.7 Å². The maximum Gasteiger partial charge on any atom is 0.308 e. The van der Waals surface area contributed by atoms with Crippen molar-refractivity contribution in [3.05, 3.63) is 0 Å². The third-order valence-electron chi connectivity index (χ3n) is 9.81. The highest BCUT2D eigenvalue weighted by atomic mass is 79.9. The van der Waals surface area contributed by atoms with Crippen LogP contribution in [0.1, 0.15) is 162 Å². The molecule has 0 spiro atoms. The van der Waals surface area contributed by atoms with Gasteiger partial charge in [-0.25, -0.2) is 0 Å². The first-order valence-electron chi connectivity index (χ1n) is 22.0. The fraction of sp³-hybridized carbons (Fsp3) is 1.00. The van der Waals surface area contributed by atoms with E-state index in [-0.39, 0.29) is 41.8 Å². The molecule has 0 aromatic carbocycles. The van der Waals surface area contributed by atoms with E-state index >= 15 is 0 Å². The summed E-state index contributed by atoms with van der Waals surface area (Å²) in [5.74, 6) is 0. The Morgan fingerprint density at radius 2 is 0.340 bits per heavy atom. The molecule has 0 aromatic rings. The number of hydrogen-bond donors (Lipinski definition) is 0. The second kappa shape index (κ2) is 39.1. The average molecular weight is 903 g/mol. The van der Waals surface area contributed by atoms with Crippen molar-refractivity contribution in [3.8, 4) is 0 Å². The summed E-state index contributed by atoms with van der Waals surface area (Å²) in [6.45, 7) is 56.2. The lowest BCUT2D eigenvalue weighted by molar-refractivity contribution is -0.001000. The zero-order chi connectivity index (χ0) is 38.6. The summed E-state index contributed by atoms with van der Waals surface area (Å²) in [5, 5.41) is 0. The summed E-state index contributed by atoms with van der Waals surface area (Å²) in [4.78, 5) is 0. The molecule has 0 fully saturated rings. The van der Waals surface area contributed by atoms with Crippen LogP contribution in [0.3, 0.4) is 0 Å². The summed E-state index contributed by atoms with van der Waals surface area (Å²) in [6.07, 6.45) is 9.94. The molecular formula is C40H97BrCl2N8P2. The molecule has 0 bridgehead atoms. The van der Waals surface area contributed by atoms with Crippen molar-refractivity contribution in [1.29, 1.82) is 0 Å².